The third-order valence-electron chi connectivity index (χ3n) is 5.65. The van der Waals surface area contributed by atoms with Gasteiger partial charge in [0.2, 0.25) is 5.82 Å². The predicted molar refractivity (Wildman–Crippen MR) is 120 cm³/mol. The number of nitriles is 1. The summed E-state index contributed by atoms with van der Waals surface area (Å²) in [6.45, 7) is 7.21. The van der Waals surface area contributed by atoms with Crippen molar-refractivity contribution >= 4 is 0 Å². The van der Waals surface area contributed by atoms with Gasteiger partial charge in [-0.3, -0.25) is 4.57 Å². The number of benzene rings is 1. The molecule has 0 amide bonds. The van der Waals surface area contributed by atoms with Crippen molar-refractivity contribution in [3.05, 3.63) is 59.3 Å². The normalized spacial score (nSPS) is 12.1. The second-order valence-electron chi connectivity index (χ2n) is 7.91. The van der Waals surface area contributed by atoms with Crippen molar-refractivity contribution < 1.29 is 0 Å². The van der Waals surface area contributed by atoms with Crippen LogP contribution in [-0.4, -0.2) is 40.0 Å². The number of hydrogen-bond acceptors (Lipinski definition) is 6. The summed E-state index contributed by atoms with van der Waals surface area (Å²) in [5.41, 5.74) is 3.20. The minimum atomic E-state index is 0.354. The van der Waals surface area contributed by atoms with Crippen molar-refractivity contribution in [1.29, 1.82) is 5.26 Å². The third-order valence-corrected chi connectivity index (χ3v) is 5.65. The number of aromatic nitrogens is 8. The van der Waals surface area contributed by atoms with E-state index in [0.29, 0.717) is 29.7 Å². The lowest BCUT2D eigenvalue weighted by Gasteiger charge is -2.12. The van der Waals surface area contributed by atoms with Crippen molar-refractivity contribution in [1.82, 2.24) is 40.0 Å². The van der Waals surface area contributed by atoms with Crippen LogP contribution < -0.4 is 0 Å². The summed E-state index contributed by atoms with van der Waals surface area (Å²) in [7, 11) is 0. The Morgan fingerprint density at radius 1 is 1.12 bits per heavy atom. The number of nitrogens with zero attached hydrogens (tertiary/aromatic N) is 8. The quantitative estimate of drug-likeness (QED) is 0.430. The van der Waals surface area contributed by atoms with E-state index in [4.69, 9.17) is 10.1 Å². The zero-order chi connectivity index (χ0) is 22.5. The molecule has 9 nitrogen and oxygen atoms in total. The summed E-state index contributed by atoms with van der Waals surface area (Å²) in [5, 5.41) is 28.6. The Hall–Kier alpha value is -3.80. The first-order chi connectivity index (χ1) is 15.6. The third kappa shape index (κ3) is 4.30. The molecule has 0 bridgehead atoms. The van der Waals surface area contributed by atoms with Crippen molar-refractivity contribution in [2.24, 2.45) is 0 Å². The van der Waals surface area contributed by atoms with Gasteiger partial charge in [-0.2, -0.15) is 15.6 Å². The first-order valence-corrected chi connectivity index (χ1v) is 11.0. The van der Waals surface area contributed by atoms with Crippen LogP contribution in [0, 0.1) is 11.3 Å². The first kappa shape index (κ1) is 21.4. The van der Waals surface area contributed by atoms with Crippen LogP contribution in [0.15, 0.2) is 36.4 Å². The zero-order valence-corrected chi connectivity index (χ0v) is 18.7. The van der Waals surface area contributed by atoms with E-state index < -0.39 is 0 Å². The average Bonchev–Trinajstić information content (AvgIpc) is 3.57. The summed E-state index contributed by atoms with van der Waals surface area (Å²) in [5.74, 6) is 2.76. The number of unbranched alkanes of at least 4 members (excludes halogenated alkanes) is 1. The molecule has 9 heteroatoms. The molecule has 0 aliphatic rings. The predicted octanol–water partition coefficient (Wildman–Crippen LogP) is 4.02. The van der Waals surface area contributed by atoms with Crippen molar-refractivity contribution in [3.63, 3.8) is 0 Å². The van der Waals surface area contributed by atoms with Gasteiger partial charge in [-0.1, -0.05) is 39.3 Å². The van der Waals surface area contributed by atoms with Gasteiger partial charge in [0, 0.05) is 18.0 Å². The van der Waals surface area contributed by atoms with E-state index in [1.54, 1.807) is 6.07 Å². The fourth-order valence-electron chi connectivity index (χ4n) is 3.68. The number of tetrazole rings is 1. The van der Waals surface area contributed by atoms with Gasteiger partial charge >= 0.3 is 0 Å². The molecule has 0 saturated carbocycles. The molecule has 1 aromatic carbocycles. The number of H-pyrrole nitrogens is 1. The van der Waals surface area contributed by atoms with E-state index in [1.807, 2.05) is 27.4 Å². The van der Waals surface area contributed by atoms with Crippen LogP contribution in [-0.2, 0) is 13.0 Å². The topological polar surface area (TPSA) is 114 Å². The van der Waals surface area contributed by atoms with E-state index in [2.05, 4.69) is 59.6 Å². The lowest BCUT2D eigenvalue weighted by molar-refractivity contribution is 0.574. The highest BCUT2D eigenvalue weighted by Gasteiger charge is 2.17. The van der Waals surface area contributed by atoms with Crippen LogP contribution >= 0.6 is 0 Å². The Balaban J connectivity index is 1.62. The van der Waals surface area contributed by atoms with Gasteiger partial charge in [-0.25, -0.2) is 9.67 Å². The largest absolute Gasteiger partial charge is 0.298 e. The zero-order valence-electron chi connectivity index (χ0n) is 18.7. The fourth-order valence-corrected chi connectivity index (χ4v) is 3.68. The fraction of sp³-hybridized carbons (Fsp3) is 0.391. The molecular formula is C23H27N9. The molecule has 3 heterocycles. The van der Waals surface area contributed by atoms with Crippen LogP contribution in [0.25, 0.3) is 17.2 Å². The van der Waals surface area contributed by atoms with Crippen LogP contribution in [0.4, 0.5) is 0 Å². The number of aryl methyl sites for hydroxylation is 1. The van der Waals surface area contributed by atoms with E-state index in [-0.39, 0.29) is 0 Å². The van der Waals surface area contributed by atoms with E-state index in [1.165, 1.54) is 0 Å². The molecule has 0 spiro atoms. The lowest BCUT2D eigenvalue weighted by Crippen LogP contribution is -2.10. The number of nitrogens with one attached hydrogen (secondary N) is 1. The first-order valence-electron chi connectivity index (χ1n) is 11.0. The van der Waals surface area contributed by atoms with Crippen molar-refractivity contribution in [2.45, 2.75) is 58.9 Å². The molecule has 4 aromatic rings. The number of aromatic amines is 1. The molecule has 164 valence electrons. The maximum absolute atomic E-state index is 9.56. The lowest BCUT2D eigenvalue weighted by atomic mass is 10.1. The van der Waals surface area contributed by atoms with Crippen molar-refractivity contribution in [2.75, 3.05) is 0 Å². The molecule has 0 radical (unpaired) electrons. The average molecular weight is 430 g/mol. The van der Waals surface area contributed by atoms with Crippen LogP contribution in [0.5, 0.6) is 0 Å². The molecule has 1 unspecified atom stereocenters. The Labute approximate surface area is 187 Å². The molecule has 1 N–H and O–H groups in total. The number of hydrogen-bond donors (Lipinski definition) is 1. The maximum Gasteiger partial charge on any atom is 0.221 e. The summed E-state index contributed by atoms with van der Waals surface area (Å²) in [4.78, 5) is 4.82. The minimum Gasteiger partial charge on any atom is -0.298 e. The molecule has 0 aliphatic heterocycles. The summed E-state index contributed by atoms with van der Waals surface area (Å²) < 4.78 is 3.87. The van der Waals surface area contributed by atoms with E-state index >= 15 is 0 Å². The molecule has 0 fully saturated rings. The number of rotatable bonds is 9. The molecular weight excluding hydrogens is 402 g/mol. The van der Waals surface area contributed by atoms with Gasteiger partial charge in [0.1, 0.15) is 17.6 Å². The highest BCUT2D eigenvalue weighted by Crippen LogP contribution is 2.24. The minimum absolute atomic E-state index is 0.354. The molecule has 1 atom stereocenters. The Morgan fingerprint density at radius 3 is 2.59 bits per heavy atom. The molecule has 32 heavy (non-hydrogen) atoms. The molecule has 0 saturated heterocycles. The van der Waals surface area contributed by atoms with E-state index in [9.17, 15) is 5.26 Å². The summed E-state index contributed by atoms with van der Waals surface area (Å²) in [6.07, 6.45) is 4.16. The SMILES string of the molecule is CCCCc1nc(C(C)CC)n(Cc2ccc(-n3c(C#N)ccc3-c3nn[nH]n3)cc2)n1. The van der Waals surface area contributed by atoms with Gasteiger partial charge in [0.05, 0.1) is 12.2 Å². The van der Waals surface area contributed by atoms with Crippen molar-refractivity contribution in [3.8, 4) is 23.3 Å². The van der Waals surface area contributed by atoms with Gasteiger partial charge in [0.15, 0.2) is 5.82 Å². The Kier molecular flexibility index (Phi) is 6.40. The Morgan fingerprint density at radius 2 is 1.94 bits per heavy atom. The highest BCUT2D eigenvalue weighted by molar-refractivity contribution is 5.58. The Bertz CT molecular complexity index is 1190. The smallest absolute Gasteiger partial charge is 0.221 e. The summed E-state index contributed by atoms with van der Waals surface area (Å²) >= 11 is 0. The molecule has 0 aliphatic carbocycles. The van der Waals surface area contributed by atoms with Gasteiger partial charge in [-0.05, 0) is 47.9 Å². The molecule has 3 aromatic heterocycles. The second kappa shape index (κ2) is 9.56. The van der Waals surface area contributed by atoms with Gasteiger partial charge in [0.25, 0.3) is 0 Å². The highest BCUT2D eigenvalue weighted by atomic mass is 15.5. The van der Waals surface area contributed by atoms with Crippen LogP contribution in [0.3, 0.4) is 0 Å². The second-order valence-corrected chi connectivity index (χ2v) is 7.91. The standard InChI is InChI=1S/C23H27N9/c1-4-6-7-21-25-23(16(3)5-2)31(28-21)15-17-8-10-18(11-9-17)32-19(14-24)12-13-20(32)22-26-29-30-27-22/h8-13,16H,4-7,15H2,1-3H3,(H,26,27,29,30). The maximum atomic E-state index is 9.56. The van der Waals surface area contributed by atoms with Gasteiger partial charge < -0.3 is 0 Å². The summed E-state index contributed by atoms with van der Waals surface area (Å²) in [6, 6.07) is 13.9. The molecule has 4 rings (SSSR count). The monoisotopic (exact) mass is 429 g/mol. The van der Waals surface area contributed by atoms with Crippen LogP contribution in [0.1, 0.15) is 68.9 Å². The van der Waals surface area contributed by atoms with Crippen LogP contribution in [0.2, 0.25) is 0 Å². The van der Waals surface area contributed by atoms with Gasteiger partial charge in [-0.15, -0.1) is 10.2 Å². The van der Waals surface area contributed by atoms with E-state index in [0.717, 1.165) is 48.6 Å².